The predicted octanol–water partition coefficient (Wildman–Crippen LogP) is 5.72. The van der Waals surface area contributed by atoms with Gasteiger partial charge in [0.25, 0.3) is 0 Å². The summed E-state index contributed by atoms with van der Waals surface area (Å²) in [6.07, 6.45) is 2.66. The normalized spacial score (nSPS) is 31.1. The lowest BCUT2D eigenvalue weighted by Gasteiger charge is -2.29. The molecule has 0 nitrogen and oxygen atoms in total. The Kier molecular flexibility index (Phi) is 3.21. The molecule has 2 aromatic carbocycles. The SMILES string of the molecule is C[P@@]1Cc2ccccc2[C@@H]1[C@H]1c2ccccc2C[P@]1C. The van der Waals surface area contributed by atoms with Crippen LogP contribution in [-0.4, -0.2) is 13.3 Å². The Balaban J connectivity index is 1.82. The first-order valence-electron chi connectivity index (χ1n) is 7.32. The maximum atomic E-state index is 2.52. The van der Waals surface area contributed by atoms with Crippen LogP contribution in [0, 0.1) is 0 Å². The molecule has 4 atom stereocenters. The number of rotatable bonds is 1. The van der Waals surface area contributed by atoms with E-state index in [0.29, 0.717) is 0 Å². The lowest BCUT2D eigenvalue weighted by atomic mass is 9.98. The summed E-state index contributed by atoms with van der Waals surface area (Å²) < 4.78 is 0. The standard InChI is InChI=1S/C18H20P2/c1-19-11-13-7-3-5-9-15(13)17(19)18-16-10-6-4-8-14(16)12-20(18)2/h3-10,17-18H,11-12H2,1-2H3/t17-,18-,19+,20+/m1/s1. The van der Waals surface area contributed by atoms with Crippen LogP contribution in [0.15, 0.2) is 48.5 Å². The molecule has 2 aromatic rings. The predicted molar refractivity (Wildman–Crippen MR) is 91.5 cm³/mol. The Bertz CT molecular complexity index is 592. The summed E-state index contributed by atoms with van der Waals surface area (Å²) >= 11 is 0. The Hall–Kier alpha value is -0.700. The molecule has 0 radical (unpaired) electrons. The topological polar surface area (TPSA) is 0 Å². The van der Waals surface area contributed by atoms with Crippen LogP contribution in [0.4, 0.5) is 0 Å². The van der Waals surface area contributed by atoms with E-state index >= 15 is 0 Å². The number of hydrogen-bond donors (Lipinski definition) is 0. The molecular weight excluding hydrogens is 278 g/mol. The van der Waals surface area contributed by atoms with Crippen molar-refractivity contribution in [1.82, 2.24) is 0 Å². The molecule has 2 aliphatic rings. The smallest absolute Gasteiger partial charge is 0.0153 e. The largest absolute Gasteiger partial charge is 0.0967 e. The molecule has 0 saturated carbocycles. The van der Waals surface area contributed by atoms with Gasteiger partial charge in [-0.15, -0.1) is 0 Å². The van der Waals surface area contributed by atoms with Gasteiger partial charge >= 0.3 is 0 Å². The Labute approximate surface area is 124 Å². The van der Waals surface area contributed by atoms with Crippen LogP contribution in [0.1, 0.15) is 33.6 Å². The summed E-state index contributed by atoms with van der Waals surface area (Å²) in [5.41, 5.74) is 8.19. The molecule has 2 heteroatoms. The summed E-state index contributed by atoms with van der Waals surface area (Å²) in [6.45, 7) is 5.04. The van der Waals surface area contributed by atoms with Crippen LogP contribution in [0.25, 0.3) is 0 Å². The zero-order valence-electron chi connectivity index (χ0n) is 12.1. The fourth-order valence-corrected chi connectivity index (χ4v) is 10.1. The molecule has 102 valence electrons. The monoisotopic (exact) mass is 298 g/mol. The first kappa shape index (κ1) is 13.0. The summed E-state index contributed by atoms with van der Waals surface area (Å²) in [5.74, 6) is 0. The molecule has 0 amide bonds. The fraction of sp³-hybridized carbons (Fsp3) is 0.333. The van der Waals surface area contributed by atoms with Gasteiger partial charge in [-0.1, -0.05) is 64.4 Å². The zero-order valence-corrected chi connectivity index (χ0v) is 13.9. The van der Waals surface area contributed by atoms with Crippen molar-refractivity contribution in [1.29, 1.82) is 0 Å². The minimum atomic E-state index is 0.0988. The second kappa shape index (κ2) is 4.94. The van der Waals surface area contributed by atoms with Gasteiger partial charge in [0.15, 0.2) is 0 Å². The van der Waals surface area contributed by atoms with Crippen molar-refractivity contribution in [3.8, 4) is 0 Å². The highest BCUT2D eigenvalue weighted by atomic mass is 31.1. The van der Waals surface area contributed by atoms with E-state index in [1.54, 1.807) is 22.3 Å². The molecule has 0 unspecified atom stereocenters. The van der Waals surface area contributed by atoms with E-state index in [1.165, 1.54) is 12.3 Å². The summed E-state index contributed by atoms with van der Waals surface area (Å²) in [5, 5.41) is 0. The highest BCUT2D eigenvalue weighted by molar-refractivity contribution is 7.61. The highest BCUT2D eigenvalue weighted by Gasteiger charge is 2.41. The molecule has 0 aromatic heterocycles. The molecule has 20 heavy (non-hydrogen) atoms. The van der Waals surface area contributed by atoms with Gasteiger partial charge in [-0.3, -0.25) is 0 Å². The van der Waals surface area contributed by atoms with Gasteiger partial charge < -0.3 is 0 Å². The molecule has 2 aliphatic heterocycles. The van der Waals surface area contributed by atoms with Crippen LogP contribution >= 0.6 is 15.8 Å². The van der Waals surface area contributed by atoms with Crippen molar-refractivity contribution >= 4 is 15.8 Å². The van der Waals surface area contributed by atoms with Crippen LogP contribution < -0.4 is 0 Å². The van der Waals surface area contributed by atoms with Crippen LogP contribution in [0.5, 0.6) is 0 Å². The van der Waals surface area contributed by atoms with Gasteiger partial charge in [0.1, 0.15) is 0 Å². The lowest BCUT2D eigenvalue weighted by Crippen LogP contribution is -2.03. The van der Waals surface area contributed by atoms with Crippen molar-refractivity contribution in [2.75, 3.05) is 13.3 Å². The number of benzene rings is 2. The Morgan fingerprint density at radius 2 is 1.10 bits per heavy atom. The molecule has 4 rings (SSSR count). The van der Waals surface area contributed by atoms with Gasteiger partial charge in [0, 0.05) is 11.3 Å². The maximum absolute atomic E-state index is 2.52. The van der Waals surface area contributed by atoms with E-state index in [4.69, 9.17) is 0 Å². The first-order valence-corrected chi connectivity index (χ1v) is 11.4. The van der Waals surface area contributed by atoms with Gasteiger partial charge in [0.2, 0.25) is 0 Å². The van der Waals surface area contributed by atoms with Crippen LogP contribution in [0.3, 0.4) is 0 Å². The number of hydrogen-bond acceptors (Lipinski definition) is 0. The summed E-state index contributed by atoms with van der Waals surface area (Å²) in [7, 11) is 0.198. The summed E-state index contributed by atoms with van der Waals surface area (Å²) in [4.78, 5) is 0. The molecular formula is C18H20P2. The van der Waals surface area contributed by atoms with Gasteiger partial charge in [-0.25, -0.2) is 0 Å². The van der Waals surface area contributed by atoms with Gasteiger partial charge in [-0.2, -0.15) is 0 Å². The quantitative estimate of drug-likeness (QED) is 0.591. The van der Waals surface area contributed by atoms with E-state index in [9.17, 15) is 0 Å². The van der Waals surface area contributed by atoms with Crippen molar-refractivity contribution < 1.29 is 0 Å². The second-order valence-corrected chi connectivity index (χ2v) is 10.9. The third kappa shape index (κ3) is 1.89. The van der Waals surface area contributed by atoms with Crippen molar-refractivity contribution in [2.24, 2.45) is 0 Å². The molecule has 0 fully saturated rings. The minimum Gasteiger partial charge on any atom is -0.0967 e. The highest BCUT2D eigenvalue weighted by Crippen LogP contribution is 2.73. The lowest BCUT2D eigenvalue weighted by molar-refractivity contribution is 0.900. The third-order valence-electron chi connectivity index (χ3n) is 4.84. The minimum absolute atomic E-state index is 0.0988. The van der Waals surface area contributed by atoms with E-state index < -0.39 is 0 Å². The third-order valence-corrected chi connectivity index (χ3v) is 9.80. The molecule has 2 heterocycles. The molecule has 0 saturated heterocycles. The molecule has 0 bridgehead atoms. The van der Waals surface area contributed by atoms with Crippen LogP contribution in [0.2, 0.25) is 0 Å². The van der Waals surface area contributed by atoms with Crippen molar-refractivity contribution in [3.05, 3.63) is 70.8 Å². The first-order chi connectivity index (χ1) is 9.75. The second-order valence-electron chi connectivity index (χ2n) is 6.12. The van der Waals surface area contributed by atoms with Gasteiger partial charge in [-0.05, 0) is 47.9 Å². The fourth-order valence-electron chi connectivity index (χ4n) is 3.96. The zero-order chi connectivity index (χ0) is 13.7. The Morgan fingerprint density at radius 3 is 1.55 bits per heavy atom. The molecule has 0 spiro atoms. The average molecular weight is 298 g/mol. The van der Waals surface area contributed by atoms with Crippen LogP contribution in [-0.2, 0) is 12.3 Å². The maximum Gasteiger partial charge on any atom is 0.0153 e. The molecule has 0 aliphatic carbocycles. The van der Waals surface area contributed by atoms with Crippen molar-refractivity contribution in [2.45, 2.75) is 23.6 Å². The Morgan fingerprint density at radius 1 is 0.700 bits per heavy atom. The molecule has 0 N–H and O–H groups in total. The van der Waals surface area contributed by atoms with E-state index in [2.05, 4.69) is 61.9 Å². The summed E-state index contributed by atoms with van der Waals surface area (Å²) in [6, 6.07) is 18.4. The van der Waals surface area contributed by atoms with Gasteiger partial charge in [0.05, 0.1) is 0 Å². The van der Waals surface area contributed by atoms with Crippen molar-refractivity contribution in [3.63, 3.8) is 0 Å². The van der Waals surface area contributed by atoms with E-state index in [1.807, 2.05) is 0 Å². The number of fused-ring (bicyclic) bond motifs is 2. The average Bonchev–Trinajstić information content (AvgIpc) is 2.94. The van der Waals surface area contributed by atoms with E-state index in [0.717, 1.165) is 11.3 Å². The van der Waals surface area contributed by atoms with E-state index in [-0.39, 0.29) is 15.8 Å².